The first-order valence-electron chi connectivity index (χ1n) is 5.14. The minimum absolute atomic E-state index is 0.0584. The lowest BCUT2D eigenvalue weighted by Gasteiger charge is -2.05. The molecule has 1 aromatic carbocycles. The van der Waals surface area contributed by atoms with E-state index < -0.39 is 0 Å². The Morgan fingerprint density at radius 3 is 2.56 bits per heavy atom. The van der Waals surface area contributed by atoms with Crippen LogP contribution in [0.3, 0.4) is 0 Å². The van der Waals surface area contributed by atoms with Crippen molar-refractivity contribution in [2.45, 2.75) is 6.42 Å². The highest BCUT2D eigenvalue weighted by atomic mass is 79.9. The van der Waals surface area contributed by atoms with Gasteiger partial charge in [0.25, 0.3) is 0 Å². The highest BCUT2D eigenvalue weighted by Crippen LogP contribution is 2.23. The average molecular weight is 434 g/mol. The van der Waals surface area contributed by atoms with E-state index in [0.29, 0.717) is 12.0 Å². The summed E-state index contributed by atoms with van der Waals surface area (Å²) < 4.78 is 2.57. The Kier molecular flexibility index (Phi) is 4.70. The molecule has 2 rings (SSSR count). The Morgan fingerprint density at radius 1 is 1.06 bits per heavy atom. The van der Waals surface area contributed by atoms with Crippen LogP contribution in [0, 0.1) is 0 Å². The number of nitrogens with zero attached hydrogens (tertiary/aromatic N) is 1. The molecule has 0 bridgehead atoms. The number of rotatable bonds is 3. The molecule has 0 unspecified atom stereocenters. The summed E-state index contributed by atoms with van der Waals surface area (Å²) in [5, 5.41) is 0. The fourth-order valence-electron chi connectivity index (χ4n) is 1.54. The second-order valence-electron chi connectivity index (χ2n) is 3.74. The number of Topliss-reactive ketones (excluding diaryl/α,β-unsaturated/α-hetero) is 1. The molecule has 0 aliphatic rings. The third-order valence-electron chi connectivity index (χ3n) is 2.36. The molecule has 0 N–H and O–H groups in total. The van der Waals surface area contributed by atoms with Crippen LogP contribution in [0.15, 0.2) is 50.1 Å². The number of ketones is 1. The average Bonchev–Trinajstić information content (AvgIpc) is 2.32. The molecule has 0 amide bonds. The molecule has 0 saturated heterocycles. The number of benzene rings is 1. The summed E-state index contributed by atoms with van der Waals surface area (Å²) in [6.07, 6.45) is 3.74. The van der Waals surface area contributed by atoms with Crippen LogP contribution in [0.2, 0.25) is 0 Å². The van der Waals surface area contributed by atoms with E-state index in [-0.39, 0.29) is 5.78 Å². The second kappa shape index (κ2) is 6.08. The summed E-state index contributed by atoms with van der Waals surface area (Å²) in [5.41, 5.74) is 1.56. The Morgan fingerprint density at radius 2 is 1.83 bits per heavy atom. The van der Waals surface area contributed by atoms with Gasteiger partial charge in [0.15, 0.2) is 5.78 Å². The lowest BCUT2D eigenvalue weighted by atomic mass is 10.0. The fraction of sp³-hybridized carbons (Fsp3) is 0.0769. The van der Waals surface area contributed by atoms with Crippen LogP contribution < -0.4 is 0 Å². The van der Waals surface area contributed by atoms with E-state index in [4.69, 9.17) is 0 Å². The highest BCUT2D eigenvalue weighted by Gasteiger charge is 2.11. The zero-order valence-corrected chi connectivity index (χ0v) is 13.9. The largest absolute Gasteiger partial charge is 0.294 e. The molecule has 0 spiro atoms. The van der Waals surface area contributed by atoms with Gasteiger partial charge in [-0.1, -0.05) is 31.9 Å². The van der Waals surface area contributed by atoms with Crippen molar-refractivity contribution in [3.05, 3.63) is 61.2 Å². The van der Waals surface area contributed by atoms with Gasteiger partial charge in [-0.25, -0.2) is 0 Å². The normalized spacial score (nSPS) is 10.4. The van der Waals surface area contributed by atoms with Gasteiger partial charge in [-0.15, -0.1) is 0 Å². The van der Waals surface area contributed by atoms with Crippen molar-refractivity contribution < 1.29 is 4.79 Å². The monoisotopic (exact) mass is 431 g/mol. The Bertz CT molecular complexity index is 599. The standard InChI is InChI=1S/C13H8Br3NO/c14-9-1-2-12(16)11(5-9)13(18)4-8-3-10(15)7-17-6-8/h1-3,5-7H,4H2. The molecule has 92 valence electrons. The third-order valence-corrected chi connectivity index (χ3v) is 3.97. The van der Waals surface area contributed by atoms with E-state index in [1.807, 2.05) is 24.3 Å². The van der Waals surface area contributed by atoms with Crippen molar-refractivity contribution in [2.75, 3.05) is 0 Å². The minimum atomic E-state index is 0.0584. The van der Waals surface area contributed by atoms with Gasteiger partial charge in [0.05, 0.1) is 0 Å². The topological polar surface area (TPSA) is 30.0 Å². The van der Waals surface area contributed by atoms with Crippen molar-refractivity contribution in [1.29, 1.82) is 0 Å². The van der Waals surface area contributed by atoms with Gasteiger partial charge in [-0.3, -0.25) is 9.78 Å². The molecule has 0 atom stereocenters. The molecule has 2 aromatic rings. The predicted molar refractivity (Wildman–Crippen MR) is 81.8 cm³/mol. The molecule has 1 heterocycles. The fourth-order valence-corrected chi connectivity index (χ4v) is 2.79. The van der Waals surface area contributed by atoms with Gasteiger partial charge >= 0.3 is 0 Å². The van der Waals surface area contributed by atoms with Crippen molar-refractivity contribution in [3.63, 3.8) is 0 Å². The summed E-state index contributed by atoms with van der Waals surface area (Å²) in [6.45, 7) is 0. The molecule has 2 nitrogen and oxygen atoms in total. The van der Waals surface area contributed by atoms with Crippen LogP contribution in [0.25, 0.3) is 0 Å². The molecule has 1 aromatic heterocycles. The number of halogens is 3. The smallest absolute Gasteiger partial charge is 0.168 e. The first-order chi connectivity index (χ1) is 8.56. The zero-order chi connectivity index (χ0) is 13.1. The maximum absolute atomic E-state index is 12.2. The van der Waals surface area contributed by atoms with Gasteiger partial charge in [0, 0.05) is 37.8 Å². The number of carbonyl (C=O) groups is 1. The van der Waals surface area contributed by atoms with Gasteiger partial charge in [-0.05, 0) is 45.8 Å². The summed E-state index contributed by atoms with van der Waals surface area (Å²) in [7, 11) is 0. The van der Waals surface area contributed by atoms with Crippen LogP contribution in [-0.2, 0) is 6.42 Å². The van der Waals surface area contributed by atoms with E-state index in [2.05, 4.69) is 52.8 Å². The maximum Gasteiger partial charge on any atom is 0.168 e. The molecule has 18 heavy (non-hydrogen) atoms. The predicted octanol–water partition coefficient (Wildman–Crippen LogP) is 4.79. The first kappa shape index (κ1) is 13.9. The van der Waals surface area contributed by atoms with Crippen molar-refractivity contribution in [2.24, 2.45) is 0 Å². The van der Waals surface area contributed by atoms with Crippen LogP contribution in [0.5, 0.6) is 0 Å². The van der Waals surface area contributed by atoms with Gasteiger partial charge in [0.2, 0.25) is 0 Å². The number of aromatic nitrogens is 1. The molecule has 0 radical (unpaired) electrons. The van der Waals surface area contributed by atoms with E-state index in [0.717, 1.165) is 19.0 Å². The van der Waals surface area contributed by atoms with E-state index in [9.17, 15) is 4.79 Å². The van der Waals surface area contributed by atoms with Gasteiger partial charge in [-0.2, -0.15) is 0 Å². The van der Waals surface area contributed by atoms with Crippen LogP contribution in [-0.4, -0.2) is 10.8 Å². The highest BCUT2D eigenvalue weighted by molar-refractivity contribution is 9.11. The Balaban J connectivity index is 2.24. The lowest BCUT2D eigenvalue weighted by molar-refractivity contribution is 0.0992. The van der Waals surface area contributed by atoms with Gasteiger partial charge in [0.1, 0.15) is 0 Å². The van der Waals surface area contributed by atoms with Crippen molar-refractivity contribution in [1.82, 2.24) is 4.98 Å². The first-order valence-corrected chi connectivity index (χ1v) is 7.52. The van der Waals surface area contributed by atoms with E-state index >= 15 is 0 Å². The summed E-state index contributed by atoms with van der Waals surface area (Å²) in [6, 6.07) is 7.46. The zero-order valence-electron chi connectivity index (χ0n) is 9.16. The van der Waals surface area contributed by atoms with Gasteiger partial charge < -0.3 is 0 Å². The molecule has 0 saturated carbocycles. The molecule has 0 fully saturated rings. The maximum atomic E-state index is 12.2. The quantitative estimate of drug-likeness (QED) is 0.651. The third kappa shape index (κ3) is 3.49. The molecule has 5 heteroatoms. The summed E-state index contributed by atoms with van der Waals surface area (Å²) in [5.74, 6) is 0.0584. The summed E-state index contributed by atoms with van der Waals surface area (Å²) >= 11 is 10.1. The molecule has 0 aliphatic heterocycles. The minimum Gasteiger partial charge on any atom is -0.294 e. The van der Waals surface area contributed by atoms with E-state index in [1.165, 1.54) is 0 Å². The SMILES string of the molecule is O=C(Cc1cncc(Br)c1)c1cc(Br)ccc1Br. The Labute approximate surface area is 130 Å². The molecular formula is C13H8Br3NO. The Hall–Kier alpha value is -0.520. The number of carbonyl (C=O) groups excluding carboxylic acids is 1. The van der Waals surface area contributed by atoms with Crippen LogP contribution in [0.4, 0.5) is 0 Å². The number of hydrogen-bond acceptors (Lipinski definition) is 2. The van der Waals surface area contributed by atoms with E-state index in [1.54, 1.807) is 12.4 Å². The van der Waals surface area contributed by atoms with Crippen molar-refractivity contribution >= 4 is 53.6 Å². The lowest BCUT2D eigenvalue weighted by Crippen LogP contribution is -2.05. The number of pyridine rings is 1. The molecular weight excluding hydrogens is 426 g/mol. The summed E-state index contributed by atoms with van der Waals surface area (Å²) in [4.78, 5) is 16.3. The number of hydrogen-bond donors (Lipinski definition) is 0. The second-order valence-corrected chi connectivity index (χ2v) is 6.42. The molecule has 0 aliphatic carbocycles. The van der Waals surface area contributed by atoms with Crippen molar-refractivity contribution in [3.8, 4) is 0 Å². The van der Waals surface area contributed by atoms with Crippen LogP contribution in [0.1, 0.15) is 15.9 Å². The van der Waals surface area contributed by atoms with Crippen LogP contribution >= 0.6 is 47.8 Å².